The van der Waals surface area contributed by atoms with Crippen LogP contribution < -0.4 is 0 Å². The zero-order valence-corrected chi connectivity index (χ0v) is 17.7. The minimum absolute atomic E-state index is 0.00558. The third kappa shape index (κ3) is 3.18. The summed E-state index contributed by atoms with van der Waals surface area (Å²) in [7, 11) is -2.48. The Morgan fingerprint density at radius 3 is 2.44 bits per heavy atom. The van der Waals surface area contributed by atoms with E-state index in [0.29, 0.717) is 6.20 Å². The predicted molar refractivity (Wildman–Crippen MR) is 105 cm³/mol. The molecule has 0 saturated carbocycles. The van der Waals surface area contributed by atoms with Crippen LogP contribution in [0.3, 0.4) is 0 Å². The van der Waals surface area contributed by atoms with Crippen molar-refractivity contribution in [2.24, 2.45) is 7.05 Å². The number of pyridine rings is 1. The Bertz CT molecular complexity index is 1520. The molecular weight excluding hydrogens is 453 g/mol. The summed E-state index contributed by atoms with van der Waals surface area (Å²) in [6.45, 7) is 2.83. The Morgan fingerprint density at radius 1 is 1.19 bits per heavy atom. The number of carbonyl (C=O) groups is 1. The van der Waals surface area contributed by atoms with E-state index in [4.69, 9.17) is 0 Å². The van der Waals surface area contributed by atoms with Gasteiger partial charge in [0, 0.05) is 19.4 Å². The van der Waals surface area contributed by atoms with Gasteiger partial charge in [0.05, 0.1) is 22.6 Å². The van der Waals surface area contributed by atoms with Crippen LogP contribution in [0, 0.1) is 6.92 Å². The maximum absolute atomic E-state index is 13.1. The number of halogens is 3. The van der Waals surface area contributed by atoms with E-state index in [2.05, 4.69) is 20.1 Å². The average Bonchev–Trinajstić information content (AvgIpc) is 3.26. The monoisotopic (exact) mass is 468 g/mol. The molecule has 0 fully saturated rings. The molecule has 4 rings (SSSR count). The van der Waals surface area contributed by atoms with Crippen LogP contribution in [0.25, 0.3) is 28.2 Å². The number of imidazole rings is 1. The lowest BCUT2D eigenvalue weighted by molar-refractivity contribution is -0.137. The summed E-state index contributed by atoms with van der Waals surface area (Å²) in [4.78, 5) is 23.6. The summed E-state index contributed by atoms with van der Waals surface area (Å²) in [6, 6.07) is 0.812. The molecule has 0 aliphatic heterocycles. The number of aryl methyl sites for hydroxylation is 2. The fraction of sp³-hybridized carbons (Fsp3) is 0.278. The number of alkyl halides is 3. The molecule has 1 N–H and O–H groups in total. The van der Waals surface area contributed by atoms with E-state index in [9.17, 15) is 31.5 Å². The lowest BCUT2D eigenvalue weighted by atomic mass is 10.2. The first-order valence-electron chi connectivity index (χ1n) is 9.11. The van der Waals surface area contributed by atoms with E-state index in [1.54, 1.807) is 0 Å². The van der Waals surface area contributed by atoms with E-state index < -0.39 is 32.6 Å². The third-order valence-corrected chi connectivity index (χ3v) is 6.65. The molecule has 32 heavy (non-hydrogen) atoms. The molecule has 0 atom stereocenters. The normalized spacial score (nSPS) is 12.7. The van der Waals surface area contributed by atoms with Crippen molar-refractivity contribution in [1.82, 2.24) is 29.1 Å². The standard InChI is InChI=1S/C18H15F3N6O4S/c1-4-32(30,31)16-12(14-23-7-10(17(28)29)8(2)27(14)25-16)15-24-11-5-9(18(19,20)21)6-22-13(11)26(15)3/h5-7H,4H2,1-3H3,(H,28,29). The van der Waals surface area contributed by atoms with Crippen LogP contribution in [0.15, 0.2) is 23.5 Å². The Labute approximate surface area is 178 Å². The summed E-state index contributed by atoms with van der Waals surface area (Å²) in [5.41, 5.74) is -1.14. The molecule has 0 saturated heterocycles. The Balaban J connectivity index is 2.11. The van der Waals surface area contributed by atoms with Gasteiger partial charge in [-0.05, 0) is 13.0 Å². The topological polar surface area (TPSA) is 132 Å². The zero-order chi connectivity index (χ0) is 23.6. The van der Waals surface area contributed by atoms with Crippen molar-refractivity contribution >= 4 is 32.6 Å². The lowest BCUT2D eigenvalue weighted by Gasteiger charge is -2.05. The summed E-state index contributed by atoms with van der Waals surface area (Å²) in [6.07, 6.45) is -2.91. The molecule has 0 radical (unpaired) electrons. The second-order valence-electron chi connectivity index (χ2n) is 6.94. The molecule has 0 spiro atoms. The van der Waals surface area contributed by atoms with Gasteiger partial charge in [-0.15, -0.1) is 0 Å². The number of aromatic carboxylic acids is 1. The lowest BCUT2D eigenvalue weighted by Crippen LogP contribution is -2.08. The number of carboxylic acids is 1. The second-order valence-corrected chi connectivity index (χ2v) is 9.13. The van der Waals surface area contributed by atoms with Gasteiger partial charge in [-0.1, -0.05) is 6.92 Å². The van der Waals surface area contributed by atoms with Gasteiger partial charge < -0.3 is 9.67 Å². The molecule has 0 bridgehead atoms. The Kier molecular flexibility index (Phi) is 4.73. The first-order chi connectivity index (χ1) is 14.9. The highest BCUT2D eigenvalue weighted by molar-refractivity contribution is 7.91. The molecule has 0 aliphatic rings. The van der Waals surface area contributed by atoms with Crippen molar-refractivity contribution in [3.05, 3.63) is 35.3 Å². The van der Waals surface area contributed by atoms with Gasteiger partial charge in [-0.25, -0.2) is 32.7 Å². The van der Waals surface area contributed by atoms with E-state index >= 15 is 0 Å². The SMILES string of the molecule is CCS(=O)(=O)c1nn2c(C)c(C(=O)O)cnc2c1-c1nc2cc(C(F)(F)F)cnc2n1C. The summed E-state index contributed by atoms with van der Waals surface area (Å²) in [5.74, 6) is -1.63. The molecule has 0 amide bonds. The largest absolute Gasteiger partial charge is 0.478 e. The van der Waals surface area contributed by atoms with E-state index in [-0.39, 0.29) is 45.2 Å². The first kappa shape index (κ1) is 21.7. The third-order valence-electron chi connectivity index (χ3n) is 5.02. The van der Waals surface area contributed by atoms with E-state index in [1.165, 1.54) is 25.5 Å². The van der Waals surface area contributed by atoms with Crippen LogP contribution in [0.2, 0.25) is 0 Å². The number of fused-ring (bicyclic) bond motifs is 2. The van der Waals surface area contributed by atoms with Gasteiger partial charge in [-0.3, -0.25) is 0 Å². The molecule has 4 aromatic rings. The summed E-state index contributed by atoms with van der Waals surface area (Å²) < 4.78 is 67.3. The Hall–Kier alpha value is -3.55. The van der Waals surface area contributed by atoms with Crippen LogP contribution >= 0.6 is 0 Å². The number of nitrogens with zero attached hydrogens (tertiary/aromatic N) is 6. The number of sulfone groups is 1. The highest BCUT2D eigenvalue weighted by atomic mass is 32.2. The average molecular weight is 468 g/mol. The predicted octanol–water partition coefficient (Wildman–Crippen LogP) is 2.50. The summed E-state index contributed by atoms with van der Waals surface area (Å²) >= 11 is 0. The van der Waals surface area contributed by atoms with Gasteiger partial charge in [0.2, 0.25) is 0 Å². The van der Waals surface area contributed by atoms with E-state index in [0.717, 1.165) is 16.8 Å². The summed E-state index contributed by atoms with van der Waals surface area (Å²) in [5, 5.41) is 13.0. The molecule has 0 aromatic carbocycles. The fourth-order valence-corrected chi connectivity index (χ4v) is 4.26. The first-order valence-corrected chi connectivity index (χ1v) is 10.8. The maximum Gasteiger partial charge on any atom is 0.417 e. The van der Waals surface area contributed by atoms with Crippen molar-refractivity contribution < 1.29 is 31.5 Å². The van der Waals surface area contributed by atoms with Crippen molar-refractivity contribution in [3.8, 4) is 11.4 Å². The van der Waals surface area contributed by atoms with Gasteiger partial charge in [0.1, 0.15) is 16.9 Å². The van der Waals surface area contributed by atoms with Crippen LogP contribution in [0.1, 0.15) is 28.5 Å². The van der Waals surface area contributed by atoms with E-state index in [1.807, 2.05) is 0 Å². The number of rotatable bonds is 4. The molecule has 4 aromatic heterocycles. The van der Waals surface area contributed by atoms with Crippen LogP contribution in [0.4, 0.5) is 13.2 Å². The van der Waals surface area contributed by atoms with Gasteiger partial charge in [-0.2, -0.15) is 18.3 Å². The quantitative estimate of drug-likeness (QED) is 0.483. The second kappa shape index (κ2) is 6.98. The van der Waals surface area contributed by atoms with Crippen molar-refractivity contribution in [1.29, 1.82) is 0 Å². The van der Waals surface area contributed by atoms with Crippen molar-refractivity contribution in [2.75, 3.05) is 5.75 Å². The zero-order valence-electron chi connectivity index (χ0n) is 16.8. The van der Waals surface area contributed by atoms with Crippen LogP contribution in [0.5, 0.6) is 0 Å². The highest BCUT2D eigenvalue weighted by Crippen LogP contribution is 2.35. The Morgan fingerprint density at radius 2 is 1.84 bits per heavy atom. The smallest absolute Gasteiger partial charge is 0.417 e. The maximum atomic E-state index is 13.1. The minimum atomic E-state index is -4.63. The molecule has 168 valence electrons. The van der Waals surface area contributed by atoms with Crippen LogP contribution in [-0.2, 0) is 23.1 Å². The van der Waals surface area contributed by atoms with Crippen LogP contribution in [-0.4, -0.2) is 54.4 Å². The van der Waals surface area contributed by atoms with Gasteiger partial charge in [0.15, 0.2) is 26.2 Å². The molecular formula is C18H15F3N6O4S. The highest BCUT2D eigenvalue weighted by Gasteiger charge is 2.33. The van der Waals surface area contributed by atoms with Gasteiger partial charge in [0.25, 0.3) is 0 Å². The number of hydrogen-bond acceptors (Lipinski definition) is 7. The minimum Gasteiger partial charge on any atom is -0.478 e. The molecule has 0 unspecified atom stereocenters. The van der Waals surface area contributed by atoms with Crippen molar-refractivity contribution in [3.63, 3.8) is 0 Å². The molecule has 10 nitrogen and oxygen atoms in total. The van der Waals surface area contributed by atoms with Crippen molar-refractivity contribution in [2.45, 2.75) is 25.0 Å². The number of aromatic nitrogens is 6. The molecule has 14 heteroatoms. The fourth-order valence-electron chi connectivity index (χ4n) is 3.29. The number of carboxylic acid groups (broad SMARTS) is 1. The number of hydrogen-bond donors (Lipinski definition) is 1. The molecule has 4 heterocycles. The molecule has 0 aliphatic carbocycles. The van der Waals surface area contributed by atoms with Gasteiger partial charge >= 0.3 is 12.1 Å².